The van der Waals surface area contributed by atoms with Crippen molar-refractivity contribution in [2.45, 2.75) is 0 Å². The van der Waals surface area contributed by atoms with E-state index < -0.39 is 28.8 Å². The molecule has 1 atom stereocenters. The fourth-order valence-electron chi connectivity index (χ4n) is 2.80. The van der Waals surface area contributed by atoms with E-state index in [2.05, 4.69) is 15.4 Å². The highest BCUT2D eigenvalue weighted by Gasteiger charge is 2.19. The monoisotopic (exact) mass is 428 g/mol. The molecule has 0 aliphatic carbocycles. The predicted octanol–water partition coefficient (Wildman–Crippen LogP) is 3.19. The Hall–Kier alpha value is -3.70. The van der Waals surface area contributed by atoms with Gasteiger partial charge in [-0.05, 0) is 24.3 Å². The number of nitrogens with one attached hydrogen (secondary N) is 1. The van der Waals surface area contributed by atoms with Crippen LogP contribution in [0.1, 0.15) is 10.4 Å². The van der Waals surface area contributed by atoms with Gasteiger partial charge in [-0.1, -0.05) is 18.2 Å². The average Bonchev–Trinajstić information content (AvgIpc) is 3.11. The number of fused-ring (bicyclic) bond motifs is 1. The van der Waals surface area contributed by atoms with Gasteiger partial charge in [0, 0.05) is 24.0 Å². The second-order valence-corrected chi connectivity index (χ2v) is 6.87. The van der Waals surface area contributed by atoms with Crippen molar-refractivity contribution in [3.8, 4) is 0 Å². The van der Waals surface area contributed by atoms with Gasteiger partial charge in [0.05, 0.1) is 23.2 Å². The molecular formula is C19H12F2N5O3S-. The lowest BCUT2D eigenvalue weighted by Gasteiger charge is -2.25. The molecule has 0 aliphatic heterocycles. The van der Waals surface area contributed by atoms with E-state index in [9.17, 15) is 22.3 Å². The quantitative estimate of drug-likeness (QED) is 0.492. The van der Waals surface area contributed by atoms with Crippen molar-refractivity contribution in [2.75, 3.05) is 9.62 Å². The van der Waals surface area contributed by atoms with E-state index >= 15 is 0 Å². The third-order valence-corrected chi connectivity index (χ3v) is 4.77. The summed E-state index contributed by atoms with van der Waals surface area (Å²) in [7, 11) is 0. The first-order chi connectivity index (χ1) is 14.4. The molecule has 1 N–H and O–H groups in total. The smallest absolute Gasteiger partial charge is 0.261 e. The van der Waals surface area contributed by atoms with E-state index in [0.29, 0.717) is 16.1 Å². The van der Waals surface area contributed by atoms with Crippen molar-refractivity contribution in [3.63, 3.8) is 0 Å². The van der Waals surface area contributed by atoms with Gasteiger partial charge in [-0.3, -0.25) is 13.3 Å². The number of amides is 1. The highest BCUT2D eigenvalue weighted by atomic mass is 32.2. The SMILES string of the molecule is O=C(Nc1ccccc1)c1cnn2ccc(N(c3cc(F)cc(F)c3)S(=O)[O-])nc12. The lowest BCUT2D eigenvalue weighted by molar-refractivity contribution is 0.102. The van der Waals surface area contributed by atoms with Crippen LogP contribution in [0.15, 0.2) is 67.0 Å². The van der Waals surface area contributed by atoms with Crippen molar-refractivity contribution >= 4 is 40.0 Å². The number of para-hydroxylation sites is 1. The second-order valence-electron chi connectivity index (χ2n) is 6.07. The molecule has 4 aromatic rings. The Balaban J connectivity index is 1.75. The molecule has 8 nitrogen and oxygen atoms in total. The summed E-state index contributed by atoms with van der Waals surface area (Å²) in [5.41, 5.74) is 0.416. The van der Waals surface area contributed by atoms with Gasteiger partial charge in [-0.2, -0.15) is 5.10 Å². The molecule has 0 radical (unpaired) electrons. The lowest BCUT2D eigenvalue weighted by atomic mass is 10.2. The summed E-state index contributed by atoms with van der Waals surface area (Å²) in [6.45, 7) is 0. The average molecular weight is 428 g/mol. The maximum Gasteiger partial charge on any atom is 0.261 e. The Morgan fingerprint density at radius 3 is 2.47 bits per heavy atom. The third-order valence-electron chi connectivity index (χ3n) is 4.07. The second kappa shape index (κ2) is 7.97. The van der Waals surface area contributed by atoms with E-state index in [1.165, 1.54) is 23.0 Å². The van der Waals surface area contributed by atoms with E-state index in [4.69, 9.17) is 0 Å². The van der Waals surface area contributed by atoms with E-state index in [1.54, 1.807) is 30.3 Å². The molecule has 0 saturated heterocycles. The molecule has 0 saturated carbocycles. The number of aromatic nitrogens is 3. The fourth-order valence-corrected chi connectivity index (χ4v) is 3.34. The molecule has 4 rings (SSSR count). The zero-order valence-corrected chi connectivity index (χ0v) is 15.8. The number of carbonyl (C=O) groups is 1. The lowest BCUT2D eigenvalue weighted by Crippen LogP contribution is -2.21. The molecule has 0 fully saturated rings. The molecule has 0 bridgehead atoms. The van der Waals surface area contributed by atoms with Crippen LogP contribution in [0.2, 0.25) is 0 Å². The zero-order chi connectivity index (χ0) is 21.3. The van der Waals surface area contributed by atoms with E-state index in [1.807, 2.05) is 0 Å². The van der Waals surface area contributed by atoms with Crippen molar-refractivity contribution in [1.82, 2.24) is 14.6 Å². The molecule has 1 amide bonds. The van der Waals surface area contributed by atoms with Crippen molar-refractivity contribution in [3.05, 3.63) is 84.2 Å². The van der Waals surface area contributed by atoms with Crippen molar-refractivity contribution in [1.29, 1.82) is 0 Å². The number of rotatable bonds is 5. The fraction of sp³-hybridized carbons (Fsp3) is 0. The number of nitrogens with zero attached hydrogens (tertiary/aromatic N) is 4. The highest BCUT2D eigenvalue weighted by molar-refractivity contribution is 7.81. The Morgan fingerprint density at radius 2 is 1.80 bits per heavy atom. The first-order valence-electron chi connectivity index (χ1n) is 8.49. The molecule has 0 spiro atoms. The van der Waals surface area contributed by atoms with Crippen LogP contribution in [0, 0.1) is 11.6 Å². The van der Waals surface area contributed by atoms with Crippen LogP contribution in [0.4, 0.5) is 26.0 Å². The molecule has 2 aromatic heterocycles. The summed E-state index contributed by atoms with van der Waals surface area (Å²) in [4.78, 5) is 16.8. The van der Waals surface area contributed by atoms with Crippen LogP contribution >= 0.6 is 0 Å². The van der Waals surface area contributed by atoms with Crippen LogP contribution < -0.4 is 9.62 Å². The van der Waals surface area contributed by atoms with Gasteiger partial charge in [0.25, 0.3) is 5.91 Å². The van der Waals surface area contributed by atoms with Crippen LogP contribution in [0.3, 0.4) is 0 Å². The standard InChI is InChI=1S/C19H13F2N5O3S/c20-12-8-13(21)10-15(9-12)26(30(28)29)17-6-7-25-18(24-17)16(11-22-25)19(27)23-14-4-2-1-3-5-14/h1-11H,(H,23,27)(H,28,29)/p-1. The van der Waals surface area contributed by atoms with Crippen molar-refractivity contribution in [2.24, 2.45) is 0 Å². The maximum absolute atomic E-state index is 13.6. The van der Waals surface area contributed by atoms with Crippen molar-refractivity contribution < 1.29 is 22.3 Å². The van der Waals surface area contributed by atoms with Gasteiger partial charge >= 0.3 is 0 Å². The van der Waals surface area contributed by atoms with Gasteiger partial charge in [0.1, 0.15) is 23.0 Å². The zero-order valence-electron chi connectivity index (χ0n) is 15.0. The third kappa shape index (κ3) is 3.88. The predicted molar refractivity (Wildman–Crippen MR) is 105 cm³/mol. The molecule has 2 aromatic carbocycles. The molecule has 152 valence electrons. The summed E-state index contributed by atoms with van der Waals surface area (Å²) in [5.74, 6) is -2.58. The summed E-state index contributed by atoms with van der Waals surface area (Å²) in [6.07, 6.45) is 2.66. The van der Waals surface area contributed by atoms with Crippen LogP contribution in [0.5, 0.6) is 0 Å². The minimum atomic E-state index is -2.94. The first-order valence-corrected chi connectivity index (χ1v) is 9.52. The molecule has 1 unspecified atom stereocenters. The van der Waals surface area contributed by atoms with Gasteiger partial charge in [0.15, 0.2) is 5.65 Å². The number of halogens is 2. The minimum Gasteiger partial charge on any atom is -0.755 e. The minimum absolute atomic E-state index is 0.0632. The van der Waals surface area contributed by atoms with Crippen LogP contribution in [0.25, 0.3) is 5.65 Å². The summed E-state index contributed by atoms with van der Waals surface area (Å²) in [5, 5.41) is 6.72. The van der Waals surface area contributed by atoms with Gasteiger partial charge in [-0.25, -0.2) is 18.3 Å². The number of anilines is 3. The maximum atomic E-state index is 13.6. The number of carbonyl (C=O) groups excluding carboxylic acids is 1. The topological polar surface area (TPSA) is 103 Å². The first kappa shape index (κ1) is 19.6. The Bertz CT molecular complexity index is 1250. The van der Waals surface area contributed by atoms with E-state index in [-0.39, 0.29) is 22.7 Å². The largest absolute Gasteiger partial charge is 0.755 e. The molecule has 11 heteroatoms. The van der Waals surface area contributed by atoms with Gasteiger partial charge in [-0.15, -0.1) is 0 Å². The van der Waals surface area contributed by atoms with Gasteiger partial charge in [0.2, 0.25) is 0 Å². The molecule has 30 heavy (non-hydrogen) atoms. The summed E-state index contributed by atoms with van der Waals surface area (Å²) in [6, 6.07) is 12.3. The Morgan fingerprint density at radius 1 is 1.10 bits per heavy atom. The molecular weight excluding hydrogens is 416 g/mol. The Kier molecular flexibility index (Phi) is 5.21. The Labute approximate surface area is 171 Å². The van der Waals surface area contributed by atoms with Crippen LogP contribution in [-0.2, 0) is 11.3 Å². The molecule has 0 aliphatic rings. The number of benzene rings is 2. The number of hydrogen-bond donors (Lipinski definition) is 1. The molecule has 2 heterocycles. The highest BCUT2D eigenvalue weighted by Crippen LogP contribution is 2.27. The van der Waals surface area contributed by atoms with E-state index in [0.717, 1.165) is 12.1 Å². The number of hydrogen-bond acceptors (Lipinski definition) is 5. The summed E-state index contributed by atoms with van der Waals surface area (Å²) >= 11 is -2.94. The van der Waals surface area contributed by atoms with Crippen LogP contribution in [-0.4, -0.2) is 29.3 Å². The van der Waals surface area contributed by atoms with Gasteiger partial charge < -0.3 is 9.87 Å². The summed E-state index contributed by atoms with van der Waals surface area (Å²) < 4.78 is 52.7. The normalized spacial score (nSPS) is 12.0.